The molecule has 2 saturated heterocycles. The molecule has 5 nitrogen and oxygen atoms in total. The highest BCUT2D eigenvalue weighted by Gasteiger charge is 2.26. The molecule has 0 unspecified atom stereocenters. The van der Waals surface area contributed by atoms with E-state index in [4.69, 9.17) is 11.6 Å². The third-order valence-electron chi connectivity index (χ3n) is 6.05. The second-order valence-corrected chi connectivity index (χ2v) is 8.64. The van der Waals surface area contributed by atoms with Gasteiger partial charge < -0.3 is 15.1 Å². The van der Waals surface area contributed by atoms with Crippen molar-refractivity contribution in [2.45, 2.75) is 38.0 Å². The minimum Gasteiger partial charge on any atom is -0.339 e. The smallest absolute Gasteiger partial charge is 0.321 e. The van der Waals surface area contributed by atoms with Gasteiger partial charge >= 0.3 is 6.03 Å². The number of likely N-dealkylation sites (tertiary alicyclic amines) is 2. The van der Waals surface area contributed by atoms with Gasteiger partial charge in [-0.2, -0.15) is 0 Å². The quantitative estimate of drug-likeness (QED) is 0.717. The highest BCUT2D eigenvalue weighted by atomic mass is 35.5. The van der Waals surface area contributed by atoms with Crippen LogP contribution in [0.3, 0.4) is 0 Å². The van der Waals surface area contributed by atoms with Crippen molar-refractivity contribution in [3.8, 4) is 0 Å². The average molecular weight is 426 g/mol. The third kappa shape index (κ3) is 4.96. The summed E-state index contributed by atoms with van der Waals surface area (Å²) in [6, 6.07) is 15.0. The molecule has 2 heterocycles. The van der Waals surface area contributed by atoms with Crippen molar-refractivity contribution in [2.75, 3.05) is 31.5 Å². The van der Waals surface area contributed by atoms with Gasteiger partial charge in [0.2, 0.25) is 0 Å². The summed E-state index contributed by atoms with van der Waals surface area (Å²) in [5.74, 6) is 0.369. The molecule has 30 heavy (non-hydrogen) atoms. The van der Waals surface area contributed by atoms with Crippen molar-refractivity contribution in [3.05, 3.63) is 64.7 Å². The van der Waals surface area contributed by atoms with E-state index in [0.717, 1.165) is 62.1 Å². The summed E-state index contributed by atoms with van der Waals surface area (Å²) in [7, 11) is 0. The molecular weight excluding hydrogens is 398 g/mol. The van der Waals surface area contributed by atoms with Crippen LogP contribution in [0.2, 0.25) is 5.02 Å². The van der Waals surface area contributed by atoms with Gasteiger partial charge in [-0.1, -0.05) is 23.7 Å². The molecule has 2 aliphatic heterocycles. The minimum atomic E-state index is -0.0948. The zero-order valence-corrected chi connectivity index (χ0v) is 17.9. The molecule has 0 spiro atoms. The van der Waals surface area contributed by atoms with Gasteiger partial charge in [-0.15, -0.1) is 0 Å². The van der Waals surface area contributed by atoms with E-state index >= 15 is 0 Å². The summed E-state index contributed by atoms with van der Waals surface area (Å²) in [6.07, 6.45) is 5.35. The number of halogens is 1. The van der Waals surface area contributed by atoms with Crippen molar-refractivity contribution in [1.29, 1.82) is 0 Å². The topological polar surface area (TPSA) is 52.7 Å². The normalized spacial score (nSPS) is 19.4. The van der Waals surface area contributed by atoms with Gasteiger partial charge in [0.25, 0.3) is 5.91 Å². The first-order valence-corrected chi connectivity index (χ1v) is 11.2. The Balaban J connectivity index is 1.42. The molecule has 0 saturated carbocycles. The fourth-order valence-electron chi connectivity index (χ4n) is 4.37. The van der Waals surface area contributed by atoms with Crippen LogP contribution in [0.25, 0.3) is 0 Å². The maximum absolute atomic E-state index is 12.9. The Labute approximate surface area is 183 Å². The van der Waals surface area contributed by atoms with E-state index in [1.54, 1.807) is 24.3 Å². The van der Waals surface area contributed by atoms with E-state index in [-0.39, 0.29) is 17.9 Å². The molecule has 2 aromatic carbocycles. The fraction of sp³-hybridized carbons (Fsp3) is 0.417. The largest absolute Gasteiger partial charge is 0.339 e. The van der Waals surface area contributed by atoms with E-state index in [0.29, 0.717) is 11.6 Å². The predicted octanol–water partition coefficient (Wildman–Crippen LogP) is 5.38. The second-order valence-electron chi connectivity index (χ2n) is 8.20. The van der Waals surface area contributed by atoms with E-state index < -0.39 is 0 Å². The Morgan fingerprint density at radius 3 is 2.40 bits per heavy atom. The highest BCUT2D eigenvalue weighted by molar-refractivity contribution is 6.30. The standard InChI is InChI=1S/C24H28ClN3O2/c25-21-9-11-22(12-10-21)26-24(30)28-15-5-8-20(17-28)18-6-4-7-19(16-18)23(29)27-13-2-1-3-14-27/h4,6-7,9-12,16,20H,1-3,5,8,13-15,17H2,(H,26,30)/t20-/m0/s1. The summed E-state index contributed by atoms with van der Waals surface area (Å²) in [6.45, 7) is 3.10. The van der Waals surface area contributed by atoms with E-state index in [2.05, 4.69) is 11.4 Å². The van der Waals surface area contributed by atoms with E-state index in [9.17, 15) is 9.59 Å². The fourth-order valence-corrected chi connectivity index (χ4v) is 4.50. The van der Waals surface area contributed by atoms with E-state index in [1.165, 1.54) is 6.42 Å². The Bertz CT molecular complexity index is 894. The minimum absolute atomic E-state index is 0.0948. The van der Waals surface area contributed by atoms with Crippen LogP contribution in [0.5, 0.6) is 0 Å². The number of nitrogens with zero attached hydrogens (tertiary/aromatic N) is 2. The van der Waals surface area contributed by atoms with Gasteiger partial charge in [0, 0.05) is 48.4 Å². The number of rotatable bonds is 3. The first-order valence-electron chi connectivity index (χ1n) is 10.8. The molecule has 2 aliphatic rings. The summed E-state index contributed by atoms with van der Waals surface area (Å²) in [5, 5.41) is 3.59. The van der Waals surface area contributed by atoms with Crippen molar-refractivity contribution in [3.63, 3.8) is 0 Å². The van der Waals surface area contributed by atoms with Crippen LogP contribution in [-0.2, 0) is 0 Å². The molecule has 0 aliphatic carbocycles. The van der Waals surface area contributed by atoms with Crippen LogP contribution in [0.1, 0.15) is 53.9 Å². The lowest BCUT2D eigenvalue weighted by Gasteiger charge is -2.33. The Morgan fingerprint density at radius 2 is 1.63 bits per heavy atom. The van der Waals surface area contributed by atoms with Crippen LogP contribution in [0.4, 0.5) is 10.5 Å². The van der Waals surface area contributed by atoms with Crippen molar-refractivity contribution < 1.29 is 9.59 Å². The second kappa shape index (κ2) is 9.52. The maximum atomic E-state index is 12.9. The molecule has 1 atom stereocenters. The summed E-state index contributed by atoms with van der Waals surface area (Å²) in [4.78, 5) is 29.4. The molecular formula is C24H28ClN3O2. The molecule has 2 aromatic rings. The lowest BCUT2D eigenvalue weighted by atomic mass is 9.89. The lowest BCUT2D eigenvalue weighted by molar-refractivity contribution is 0.0724. The molecule has 4 rings (SSSR count). The van der Waals surface area contributed by atoms with Gasteiger partial charge in [0.1, 0.15) is 0 Å². The van der Waals surface area contributed by atoms with Gasteiger partial charge in [-0.25, -0.2) is 4.79 Å². The monoisotopic (exact) mass is 425 g/mol. The number of carbonyl (C=O) groups excluding carboxylic acids is 2. The van der Waals surface area contributed by atoms with Crippen LogP contribution in [-0.4, -0.2) is 47.9 Å². The van der Waals surface area contributed by atoms with Crippen molar-refractivity contribution in [1.82, 2.24) is 9.80 Å². The van der Waals surface area contributed by atoms with Gasteiger partial charge in [-0.05, 0) is 74.1 Å². The van der Waals surface area contributed by atoms with Crippen LogP contribution < -0.4 is 5.32 Å². The Kier molecular flexibility index (Phi) is 6.58. The molecule has 6 heteroatoms. The predicted molar refractivity (Wildman–Crippen MR) is 120 cm³/mol. The molecule has 3 amide bonds. The number of benzene rings is 2. The van der Waals surface area contributed by atoms with Crippen molar-refractivity contribution in [2.24, 2.45) is 0 Å². The van der Waals surface area contributed by atoms with Gasteiger partial charge in [-0.3, -0.25) is 4.79 Å². The number of hydrogen-bond acceptors (Lipinski definition) is 2. The molecule has 0 bridgehead atoms. The van der Waals surface area contributed by atoms with Crippen LogP contribution in [0.15, 0.2) is 48.5 Å². The van der Waals surface area contributed by atoms with Crippen molar-refractivity contribution >= 4 is 29.2 Å². The van der Waals surface area contributed by atoms with Gasteiger partial charge in [0.15, 0.2) is 0 Å². The van der Waals surface area contributed by atoms with Gasteiger partial charge in [0.05, 0.1) is 0 Å². The molecule has 1 N–H and O–H groups in total. The number of amides is 3. The number of urea groups is 1. The highest BCUT2D eigenvalue weighted by Crippen LogP contribution is 2.28. The van der Waals surface area contributed by atoms with E-state index in [1.807, 2.05) is 28.0 Å². The molecule has 2 fully saturated rings. The number of carbonyl (C=O) groups is 2. The SMILES string of the molecule is O=C(Nc1ccc(Cl)cc1)N1CCC[C@H](c2cccc(C(=O)N3CCCCC3)c2)C1. The number of nitrogens with one attached hydrogen (secondary N) is 1. The molecule has 0 radical (unpaired) electrons. The molecule has 0 aromatic heterocycles. The number of hydrogen-bond donors (Lipinski definition) is 1. The average Bonchev–Trinajstić information content (AvgIpc) is 2.81. The number of anilines is 1. The Morgan fingerprint density at radius 1 is 0.900 bits per heavy atom. The summed E-state index contributed by atoms with van der Waals surface area (Å²) in [5.41, 5.74) is 2.64. The first-order chi connectivity index (χ1) is 14.6. The lowest BCUT2D eigenvalue weighted by Crippen LogP contribution is -2.41. The zero-order chi connectivity index (χ0) is 20.9. The Hall–Kier alpha value is -2.53. The van der Waals surface area contributed by atoms with Crippen LogP contribution >= 0.6 is 11.6 Å². The third-order valence-corrected chi connectivity index (χ3v) is 6.30. The summed E-state index contributed by atoms with van der Waals surface area (Å²) >= 11 is 5.92. The maximum Gasteiger partial charge on any atom is 0.321 e. The number of piperidine rings is 2. The zero-order valence-electron chi connectivity index (χ0n) is 17.1. The molecule has 158 valence electrons. The summed E-state index contributed by atoms with van der Waals surface area (Å²) < 4.78 is 0. The van der Waals surface area contributed by atoms with Crippen LogP contribution in [0, 0.1) is 0 Å². The first kappa shape index (κ1) is 20.7.